The molecular weight excluding hydrogens is 420 g/mol. The van der Waals surface area contributed by atoms with E-state index in [0.29, 0.717) is 0 Å². The van der Waals surface area contributed by atoms with Crippen LogP contribution in [0.4, 0.5) is 0 Å². The Morgan fingerprint density at radius 1 is 1.15 bits per heavy atom. The molecule has 2 N–H and O–H groups in total. The van der Waals surface area contributed by atoms with Crippen LogP contribution in [0.25, 0.3) is 17.0 Å². The summed E-state index contributed by atoms with van der Waals surface area (Å²) in [7, 11) is 0. The summed E-state index contributed by atoms with van der Waals surface area (Å²) in [5, 5.41) is 13.5. The largest absolute Gasteiger partial charge is 0.361 e. The Morgan fingerprint density at radius 3 is 2.85 bits per heavy atom. The molecule has 0 radical (unpaired) electrons. The van der Waals surface area contributed by atoms with Crippen molar-refractivity contribution >= 4 is 22.9 Å². The number of benzene rings is 2. The molecule has 2 aliphatic rings. The highest BCUT2D eigenvalue weighted by Gasteiger charge is 2.23. The number of hydrogen-bond acceptors (Lipinski definition) is 3. The minimum atomic E-state index is -0.00236. The number of rotatable bonds is 6. The number of amides is 1. The van der Waals surface area contributed by atoms with Crippen molar-refractivity contribution in [2.45, 2.75) is 51.1 Å². The van der Waals surface area contributed by atoms with E-state index < -0.39 is 0 Å². The molecule has 1 fully saturated rings. The Labute approximate surface area is 201 Å². The SMILES string of the molecule is N#Cc1ccc2c(c1)CN(CCC1CCC(NC(=O)/C=C/c3c[nH]c4ccccc34)CC1)CC2. The summed E-state index contributed by atoms with van der Waals surface area (Å²) in [5.41, 5.74) is 5.60. The Balaban J connectivity index is 1.05. The number of carbonyl (C=O) groups excluding carboxylic acids is 1. The van der Waals surface area contributed by atoms with Crippen molar-refractivity contribution in [2.75, 3.05) is 13.1 Å². The van der Waals surface area contributed by atoms with E-state index in [4.69, 9.17) is 0 Å². The number of fused-ring (bicyclic) bond motifs is 2. The highest BCUT2D eigenvalue weighted by atomic mass is 16.1. The zero-order valence-corrected chi connectivity index (χ0v) is 19.6. The third-order valence-corrected chi connectivity index (χ3v) is 7.51. The first-order chi connectivity index (χ1) is 16.7. The average Bonchev–Trinajstić information content (AvgIpc) is 3.29. The second kappa shape index (κ2) is 10.3. The van der Waals surface area contributed by atoms with Gasteiger partial charge in [0.15, 0.2) is 0 Å². The zero-order chi connectivity index (χ0) is 23.3. The Morgan fingerprint density at radius 2 is 2.00 bits per heavy atom. The lowest BCUT2D eigenvalue weighted by Crippen LogP contribution is -2.37. The van der Waals surface area contributed by atoms with Crippen LogP contribution in [0.1, 0.15) is 54.4 Å². The molecule has 1 aromatic heterocycles. The summed E-state index contributed by atoms with van der Waals surface area (Å²) in [4.78, 5) is 18.2. The van der Waals surface area contributed by atoms with Crippen molar-refractivity contribution in [3.63, 3.8) is 0 Å². The van der Waals surface area contributed by atoms with Gasteiger partial charge >= 0.3 is 0 Å². The fourth-order valence-electron chi connectivity index (χ4n) is 5.48. The normalized spacial score (nSPS) is 20.8. The maximum atomic E-state index is 12.5. The molecule has 1 aliphatic carbocycles. The van der Waals surface area contributed by atoms with E-state index in [0.717, 1.165) is 66.8 Å². The molecule has 1 amide bonds. The third kappa shape index (κ3) is 5.24. The lowest BCUT2D eigenvalue weighted by Gasteiger charge is -2.33. The number of nitriles is 1. The molecule has 5 rings (SSSR count). The fraction of sp³-hybridized carbons (Fsp3) is 0.379. The van der Waals surface area contributed by atoms with Gasteiger partial charge in [-0.2, -0.15) is 5.26 Å². The van der Waals surface area contributed by atoms with E-state index in [2.05, 4.69) is 39.5 Å². The summed E-state index contributed by atoms with van der Waals surface area (Å²) >= 11 is 0. The van der Waals surface area contributed by atoms with E-state index in [-0.39, 0.29) is 11.9 Å². The molecule has 174 valence electrons. The minimum Gasteiger partial charge on any atom is -0.361 e. The Hall–Kier alpha value is -3.36. The van der Waals surface area contributed by atoms with Crippen LogP contribution in [0, 0.1) is 17.2 Å². The molecule has 0 atom stereocenters. The first-order valence-electron chi connectivity index (χ1n) is 12.5. The molecule has 1 saturated carbocycles. The second-order valence-electron chi connectivity index (χ2n) is 9.76. The van der Waals surface area contributed by atoms with Crippen LogP contribution in [-0.2, 0) is 17.8 Å². The number of para-hydroxylation sites is 1. The van der Waals surface area contributed by atoms with Crippen LogP contribution in [0.15, 0.2) is 54.7 Å². The molecule has 0 spiro atoms. The van der Waals surface area contributed by atoms with Crippen molar-refractivity contribution in [1.82, 2.24) is 15.2 Å². The number of aromatic amines is 1. The van der Waals surface area contributed by atoms with Gasteiger partial charge in [-0.05, 0) is 92.0 Å². The van der Waals surface area contributed by atoms with Crippen LogP contribution in [0.5, 0.6) is 0 Å². The van der Waals surface area contributed by atoms with Crippen LogP contribution in [0.2, 0.25) is 0 Å². The van der Waals surface area contributed by atoms with Crippen molar-refractivity contribution in [1.29, 1.82) is 5.26 Å². The topological polar surface area (TPSA) is 71.9 Å². The maximum Gasteiger partial charge on any atom is 0.244 e. The van der Waals surface area contributed by atoms with Crippen LogP contribution in [-0.4, -0.2) is 34.9 Å². The average molecular weight is 453 g/mol. The van der Waals surface area contributed by atoms with Gasteiger partial charge in [0.25, 0.3) is 0 Å². The van der Waals surface area contributed by atoms with Crippen LogP contribution >= 0.6 is 0 Å². The van der Waals surface area contributed by atoms with Crippen molar-refractivity contribution in [3.05, 3.63) is 77.0 Å². The molecule has 2 aromatic carbocycles. The number of hydrogen-bond donors (Lipinski definition) is 2. The summed E-state index contributed by atoms with van der Waals surface area (Å²) in [6.45, 7) is 3.18. The van der Waals surface area contributed by atoms with Gasteiger partial charge in [-0.15, -0.1) is 0 Å². The molecule has 2 heterocycles. The number of nitrogens with zero attached hydrogens (tertiary/aromatic N) is 2. The standard InChI is InChI=1S/C29H32N4O/c30-18-22-5-8-23-14-16-33(20-25(23)17-22)15-13-21-6-10-26(11-7-21)32-29(34)12-9-24-19-31-28-4-2-1-3-27(24)28/h1-5,8-9,12,17,19,21,26,31H,6-7,10-11,13-16,20H2,(H,32,34)/b12-9+. The molecule has 3 aromatic rings. The van der Waals surface area contributed by atoms with Crippen molar-refractivity contribution < 1.29 is 4.79 Å². The fourth-order valence-corrected chi connectivity index (χ4v) is 5.48. The second-order valence-corrected chi connectivity index (χ2v) is 9.76. The summed E-state index contributed by atoms with van der Waals surface area (Å²) in [6.07, 6.45) is 12.3. The van der Waals surface area contributed by atoms with Gasteiger partial charge in [-0.1, -0.05) is 24.3 Å². The predicted molar refractivity (Wildman–Crippen MR) is 136 cm³/mol. The van der Waals surface area contributed by atoms with Gasteiger partial charge in [0, 0.05) is 42.3 Å². The Bertz CT molecular complexity index is 1230. The first kappa shape index (κ1) is 22.4. The molecule has 0 unspecified atom stereocenters. The molecule has 1 aliphatic heterocycles. The summed E-state index contributed by atoms with van der Waals surface area (Å²) in [6, 6.07) is 16.8. The lowest BCUT2D eigenvalue weighted by molar-refractivity contribution is -0.117. The molecule has 5 heteroatoms. The van der Waals surface area contributed by atoms with Gasteiger partial charge in [0.05, 0.1) is 11.6 Å². The highest BCUT2D eigenvalue weighted by molar-refractivity contribution is 5.96. The quantitative estimate of drug-likeness (QED) is 0.507. The first-order valence-corrected chi connectivity index (χ1v) is 12.5. The smallest absolute Gasteiger partial charge is 0.244 e. The number of nitrogens with one attached hydrogen (secondary N) is 2. The zero-order valence-electron chi connectivity index (χ0n) is 19.6. The van der Waals surface area contributed by atoms with E-state index in [1.165, 1.54) is 30.4 Å². The molecule has 0 saturated heterocycles. The maximum absolute atomic E-state index is 12.5. The van der Waals surface area contributed by atoms with Gasteiger partial charge in [-0.25, -0.2) is 0 Å². The van der Waals surface area contributed by atoms with Crippen molar-refractivity contribution in [3.8, 4) is 6.07 Å². The summed E-state index contributed by atoms with van der Waals surface area (Å²) < 4.78 is 0. The minimum absolute atomic E-state index is 0.00236. The summed E-state index contributed by atoms with van der Waals surface area (Å²) in [5.74, 6) is 0.735. The van der Waals surface area contributed by atoms with E-state index >= 15 is 0 Å². The monoisotopic (exact) mass is 452 g/mol. The van der Waals surface area contributed by atoms with Gasteiger partial charge < -0.3 is 10.3 Å². The predicted octanol–water partition coefficient (Wildman–Crippen LogP) is 5.18. The molecule has 0 bridgehead atoms. The van der Waals surface area contributed by atoms with Gasteiger partial charge in [-0.3, -0.25) is 9.69 Å². The van der Waals surface area contributed by atoms with Crippen LogP contribution in [0.3, 0.4) is 0 Å². The number of H-pyrrole nitrogens is 1. The highest BCUT2D eigenvalue weighted by Crippen LogP contribution is 2.28. The number of aromatic nitrogens is 1. The molecular formula is C29H32N4O. The third-order valence-electron chi connectivity index (χ3n) is 7.51. The van der Waals surface area contributed by atoms with Gasteiger partial charge in [0.2, 0.25) is 5.91 Å². The Kier molecular flexibility index (Phi) is 6.78. The molecule has 5 nitrogen and oxygen atoms in total. The lowest BCUT2D eigenvalue weighted by atomic mass is 9.84. The van der Waals surface area contributed by atoms with E-state index in [1.807, 2.05) is 36.5 Å². The van der Waals surface area contributed by atoms with Crippen LogP contribution < -0.4 is 5.32 Å². The number of carbonyl (C=O) groups is 1. The van der Waals surface area contributed by atoms with E-state index in [1.54, 1.807) is 6.08 Å². The van der Waals surface area contributed by atoms with E-state index in [9.17, 15) is 10.1 Å². The molecule has 34 heavy (non-hydrogen) atoms. The van der Waals surface area contributed by atoms with Crippen molar-refractivity contribution in [2.24, 2.45) is 5.92 Å². The van der Waals surface area contributed by atoms with Gasteiger partial charge in [0.1, 0.15) is 0 Å².